The standard InChI is InChI=1S/C17H23ClN6O2.HI/c18-14-4-1-3-13(11-14)16-22-15(26-23-16)12-21-17(19)20-5-2-6-24-7-9-25-10-8-24;/h1,3-4,11H,2,5-10,12H2,(H3,19,20,21);1H. The van der Waals surface area contributed by atoms with Crippen LogP contribution in [0.15, 0.2) is 33.8 Å². The van der Waals surface area contributed by atoms with Gasteiger partial charge in [-0.3, -0.25) is 4.90 Å². The second-order valence-corrected chi connectivity index (χ2v) is 6.39. The van der Waals surface area contributed by atoms with Gasteiger partial charge in [0, 0.05) is 30.2 Å². The van der Waals surface area contributed by atoms with E-state index in [9.17, 15) is 0 Å². The van der Waals surface area contributed by atoms with Crippen LogP contribution in [0.5, 0.6) is 0 Å². The number of nitrogens with two attached hydrogens (primary N) is 1. The van der Waals surface area contributed by atoms with Crippen molar-refractivity contribution in [3.8, 4) is 11.4 Å². The van der Waals surface area contributed by atoms with Gasteiger partial charge in [0.2, 0.25) is 11.7 Å². The first-order valence-corrected chi connectivity index (χ1v) is 9.01. The number of ether oxygens (including phenoxy) is 1. The Bertz CT molecular complexity index is 736. The summed E-state index contributed by atoms with van der Waals surface area (Å²) in [4.78, 5) is 10.9. The number of morpholine rings is 1. The highest BCUT2D eigenvalue weighted by atomic mass is 127. The van der Waals surface area contributed by atoms with E-state index in [1.807, 2.05) is 12.1 Å². The van der Waals surface area contributed by atoms with Crippen LogP contribution in [0.3, 0.4) is 0 Å². The van der Waals surface area contributed by atoms with Crippen molar-refractivity contribution >= 4 is 41.5 Å². The molecule has 2 heterocycles. The van der Waals surface area contributed by atoms with Crippen LogP contribution in [0, 0.1) is 0 Å². The lowest BCUT2D eigenvalue weighted by atomic mass is 10.2. The molecule has 148 valence electrons. The maximum Gasteiger partial charge on any atom is 0.248 e. The molecule has 27 heavy (non-hydrogen) atoms. The van der Waals surface area contributed by atoms with Crippen molar-refractivity contribution < 1.29 is 9.26 Å². The first kappa shape index (κ1) is 21.9. The van der Waals surface area contributed by atoms with Gasteiger partial charge in [-0.1, -0.05) is 28.9 Å². The van der Waals surface area contributed by atoms with Crippen molar-refractivity contribution in [2.24, 2.45) is 10.7 Å². The van der Waals surface area contributed by atoms with Crippen LogP contribution in [-0.4, -0.2) is 60.4 Å². The molecule has 3 rings (SSSR count). The summed E-state index contributed by atoms with van der Waals surface area (Å²) in [5.74, 6) is 1.25. The average molecular weight is 507 g/mol. The minimum Gasteiger partial charge on any atom is -0.379 e. The van der Waals surface area contributed by atoms with Crippen LogP contribution in [0.1, 0.15) is 12.3 Å². The van der Waals surface area contributed by atoms with Crippen LogP contribution >= 0.6 is 35.6 Å². The highest BCUT2D eigenvalue weighted by Crippen LogP contribution is 2.19. The van der Waals surface area contributed by atoms with Gasteiger partial charge in [-0.05, 0) is 25.1 Å². The number of guanidine groups is 1. The second-order valence-electron chi connectivity index (χ2n) is 5.96. The van der Waals surface area contributed by atoms with Gasteiger partial charge in [0.1, 0.15) is 6.54 Å². The number of nitrogens with one attached hydrogen (secondary N) is 1. The summed E-state index contributed by atoms with van der Waals surface area (Å²) >= 11 is 5.97. The van der Waals surface area contributed by atoms with Crippen molar-refractivity contribution in [2.75, 3.05) is 39.4 Å². The number of benzene rings is 1. The lowest BCUT2D eigenvalue weighted by Gasteiger charge is -2.26. The first-order chi connectivity index (χ1) is 12.7. The highest BCUT2D eigenvalue weighted by molar-refractivity contribution is 14.0. The summed E-state index contributed by atoms with van der Waals surface area (Å²) in [5.41, 5.74) is 6.67. The monoisotopic (exact) mass is 506 g/mol. The summed E-state index contributed by atoms with van der Waals surface area (Å²) in [6, 6.07) is 7.28. The smallest absolute Gasteiger partial charge is 0.248 e. The summed E-state index contributed by atoms with van der Waals surface area (Å²) < 4.78 is 10.5. The number of aromatic nitrogens is 2. The van der Waals surface area contributed by atoms with Gasteiger partial charge in [-0.25, -0.2) is 4.99 Å². The van der Waals surface area contributed by atoms with E-state index in [0.29, 0.717) is 22.7 Å². The highest BCUT2D eigenvalue weighted by Gasteiger charge is 2.10. The normalized spacial score (nSPS) is 15.4. The minimum atomic E-state index is 0. The topological polar surface area (TPSA) is 102 Å². The third-order valence-electron chi connectivity index (χ3n) is 4.00. The molecule has 10 heteroatoms. The maximum absolute atomic E-state index is 5.97. The quantitative estimate of drug-likeness (QED) is 0.257. The van der Waals surface area contributed by atoms with E-state index in [1.165, 1.54) is 0 Å². The number of hydrogen-bond acceptors (Lipinski definition) is 6. The predicted octanol–water partition coefficient (Wildman–Crippen LogP) is 2.13. The van der Waals surface area contributed by atoms with Gasteiger partial charge in [0.25, 0.3) is 0 Å². The van der Waals surface area contributed by atoms with Crippen LogP contribution in [0.2, 0.25) is 5.02 Å². The van der Waals surface area contributed by atoms with Gasteiger partial charge >= 0.3 is 0 Å². The van der Waals surface area contributed by atoms with Crippen LogP contribution < -0.4 is 11.1 Å². The van der Waals surface area contributed by atoms with E-state index < -0.39 is 0 Å². The van der Waals surface area contributed by atoms with Crippen molar-refractivity contribution in [2.45, 2.75) is 13.0 Å². The fourth-order valence-electron chi connectivity index (χ4n) is 2.62. The van der Waals surface area contributed by atoms with E-state index >= 15 is 0 Å². The van der Waals surface area contributed by atoms with Gasteiger partial charge in [-0.15, -0.1) is 24.0 Å². The molecule has 1 aromatic heterocycles. The second kappa shape index (κ2) is 11.4. The van der Waals surface area contributed by atoms with E-state index in [-0.39, 0.29) is 30.5 Å². The lowest BCUT2D eigenvalue weighted by molar-refractivity contribution is 0.0376. The summed E-state index contributed by atoms with van der Waals surface area (Å²) in [7, 11) is 0. The Morgan fingerprint density at radius 2 is 2.15 bits per heavy atom. The predicted molar refractivity (Wildman–Crippen MR) is 115 cm³/mol. The van der Waals surface area contributed by atoms with Crippen molar-refractivity contribution in [3.05, 3.63) is 35.2 Å². The van der Waals surface area contributed by atoms with Crippen LogP contribution in [0.25, 0.3) is 11.4 Å². The Morgan fingerprint density at radius 3 is 2.93 bits per heavy atom. The zero-order valence-corrected chi connectivity index (χ0v) is 18.0. The molecule has 0 aliphatic carbocycles. The molecule has 0 radical (unpaired) electrons. The molecule has 0 spiro atoms. The molecule has 1 aliphatic heterocycles. The third-order valence-corrected chi connectivity index (χ3v) is 4.23. The fraction of sp³-hybridized carbons (Fsp3) is 0.471. The number of aliphatic imine (C=N–C) groups is 1. The Balaban J connectivity index is 0.00000261. The van der Waals surface area contributed by atoms with Crippen LogP contribution in [-0.2, 0) is 11.3 Å². The van der Waals surface area contributed by atoms with E-state index in [0.717, 1.165) is 51.4 Å². The number of rotatable bonds is 7. The SMILES string of the molecule is I.NC(=NCc1nc(-c2cccc(Cl)c2)no1)NCCCN1CCOCC1. The van der Waals surface area contributed by atoms with Crippen LogP contribution in [0.4, 0.5) is 0 Å². The van der Waals surface area contributed by atoms with Gasteiger partial charge in [0.05, 0.1) is 13.2 Å². The molecule has 1 fully saturated rings. The molecule has 0 unspecified atom stereocenters. The summed E-state index contributed by atoms with van der Waals surface area (Å²) in [5, 5.41) is 7.67. The van der Waals surface area contributed by atoms with E-state index in [4.69, 9.17) is 26.6 Å². The van der Waals surface area contributed by atoms with Crippen molar-refractivity contribution in [3.63, 3.8) is 0 Å². The molecule has 3 N–H and O–H groups in total. The zero-order chi connectivity index (χ0) is 18.2. The number of nitrogens with zero attached hydrogens (tertiary/aromatic N) is 4. The first-order valence-electron chi connectivity index (χ1n) is 8.63. The number of halogens is 2. The molecule has 0 saturated carbocycles. The van der Waals surface area contributed by atoms with E-state index in [1.54, 1.807) is 12.1 Å². The number of hydrogen-bond donors (Lipinski definition) is 2. The molecule has 2 aromatic rings. The molecular weight excluding hydrogens is 483 g/mol. The van der Waals surface area contributed by atoms with Gasteiger partial charge in [-0.2, -0.15) is 4.98 Å². The molecule has 0 bridgehead atoms. The zero-order valence-electron chi connectivity index (χ0n) is 14.9. The van der Waals surface area contributed by atoms with E-state index in [2.05, 4.69) is 25.3 Å². The molecule has 1 aliphatic rings. The summed E-state index contributed by atoms with van der Waals surface area (Å²) in [6.45, 7) is 5.65. The maximum atomic E-state index is 5.97. The Labute approximate surface area is 180 Å². The van der Waals surface area contributed by atoms with Gasteiger partial charge < -0.3 is 20.3 Å². The molecule has 1 saturated heterocycles. The minimum absolute atomic E-state index is 0. The van der Waals surface area contributed by atoms with Crippen molar-refractivity contribution in [1.29, 1.82) is 0 Å². The van der Waals surface area contributed by atoms with Crippen molar-refractivity contribution in [1.82, 2.24) is 20.4 Å². The Morgan fingerprint density at radius 1 is 1.33 bits per heavy atom. The molecule has 0 amide bonds. The average Bonchev–Trinajstić information content (AvgIpc) is 3.14. The largest absolute Gasteiger partial charge is 0.379 e. The Kier molecular flexibility index (Phi) is 9.25. The molecule has 0 atom stereocenters. The fourth-order valence-corrected chi connectivity index (χ4v) is 2.81. The molecule has 1 aromatic carbocycles. The molecular formula is C17H24ClIN6O2. The third kappa shape index (κ3) is 7.24. The van der Waals surface area contributed by atoms with Gasteiger partial charge in [0.15, 0.2) is 5.96 Å². The Hall–Kier alpha value is -1.43. The lowest BCUT2D eigenvalue weighted by Crippen LogP contribution is -2.39. The molecule has 8 nitrogen and oxygen atoms in total. The summed E-state index contributed by atoms with van der Waals surface area (Å²) in [6.07, 6.45) is 0.996.